The zero-order chi connectivity index (χ0) is 16.4. The van der Waals surface area contributed by atoms with Crippen LogP contribution in [-0.2, 0) is 11.3 Å². The predicted octanol–water partition coefficient (Wildman–Crippen LogP) is 2.45. The van der Waals surface area contributed by atoms with E-state index < -0.39 is 0 Å². The van der Waals surface area contributed by atoms with Crippen LogP contribution in [0.3, 0.4) is 0 Å². The van der Waals surface area contributed by atoms with Crippen molar-refractivity contribution >= 4 is 5.91 Å². The van der Waals surface area contributed by atoms with Gasteiger partial charge in [-0.15, -0.1) is 0 Å². The fourth-order valence-electron chi connectivity index (χ4n) is 2.89. The van der Waals surface area contributed by atoms with Gasteiger partial charge in [-0.05, 0) is 25.3 Å². The summed E-state index contributed by atoms with van der Waals surface area (Å²) in [5.41, 5.74) is 1.10. The number of hydrogen-bond acceptors (Lipinski definition) is 5. The largest absolute Gasteiger partial charge is 0.339 e. The molecule has 0 bridgehead atoms. The zero-order valence-corrected chi connectivity index (χ0v) is 13.9. The lowest BCUT2D eigenvalue weighted by Crippen LogP contribution is -2.31. The number of rotatable bonds is 5. The number of nitrogens with zero attached hydrogens (tertiary/aromatic N) is 5. The number of amides is 1. The maximum absolute atomic E-state index is 12.5. The summed E-state index contributed by atoms with van der Waals surface area (Å²) in [6.45, 7) is 7.37. The Morgan fingerprint density at radius 3 is 2.96 bits per heavy atom. The van der Waals surface area contributed by atoms with Crippen LogP contribution in [0, 0.1) is 6.92 Å². The third kappa shape index (κ3) is 3.43. The molecule has 0 saturated carbocycles. The first-order chi connectivity index (χ1) is 11.0. The van der Waals surface area contributed by atoms with Crippen LogP contribution < -0.4 is 0 Å². The van der Waals surface area contributed by atoms with Crippen LogP contribution in [0.5, 0.6) is 0 Å². The van der Waals surface area contributed by atoms with Crippen LogP contribution in [0.4, 0.5) is 0 Å². The summed E-state index contributed by atoms with van der Waals surface area (Å²) >= 11 is 0. The molecule has 1 aliphatic heterocycles. The molecule has 3 rings (SSSR count). The predicted molar refractivity (Wildman–Crippen MR) is 83.7 cm³/mol. The van der Waals surface area contributed by atoms with Gasteiger partial charge in [0, 0.05) is 31.6 Å². The molecule has 1 fully saturated rings. The van der Waals surface area contributed by atoms with E-state index in [-0.39, 0.29) is 17.9 Å². The van der Waals surface area contributed by atoms with E-state index in [0.717, 1.165) is 24.9 Å². The van der Waals surface area contributed by atoms with Crippen molar-refractivity contribution in [1.29, 1.82) is 0 Å². The van der Waals surface area contributed by atoms with Crippen LogP contribution in [0.25, 0.3) is 0 Å². The minimum atomic E-state index is -0.0573. The molecule has 2 aromatic rings. The normalized spacial score (nSPS) is 18.1. The molecule has 1 aliphatic rings. The van der Waals surface area contributed by atoms with Crippen molar-refractivity contribution in [2.24, 2.45) is 0 Å². The van der Waals surface area contributed by atoms with Gasteiger partial charge in [-0.25, -0.2) is 0 Å². The lowest BCUT2D eigenvalue weighted by atomic mass is 10.2. The Morgan fingerprint density at radius 1 is 1.48 bits per heavy atom. The number of aryl methyl sites for hydroxylation is 2. The molecule has 0 unspecified atom stereocenters. The van der Waals surface area contributed by atoms with E-state index >= 15 is 0 Å². The highest BCUT2D eigenvalue weighted by molar-refractivity contribution is 5.76. The van der Waals surface area contributed by atoms with Gasteiger partial charge in [0.2, 0.25) is 11.8 Å². The average Bonchev–Trinajstić information content (AvgIpc) is 3.24. The fraction of sp³-hybridized carbons (Fsp3) is 0.625. The number of aromatic nitrogens is 4. The van der Waals surface area contributed by atoms with Crippen LogP contribution in [0.15, 0.2) is 16.9 Å². The standard InChI is InChI=1S/C16H23N5O2/c1-11(2)16-18-15(19-23-16)13-5-4-7-21(13)14(22)6-8-20-10-12(3)9-17-20/h9-11,13H,4-8H2,1-3H3/t13-/m1/s1. The molecule has 0 aliphatic carbocycles. The lowest BCUT2D eigenvalue weighted by Gasteiger charge is -2.22. The van der Waals surface area contributed by atoms with Crippen LogP contribution >= 0.6 is 0 Å². The zero-order valence-electron chi connectivity index (χ0n) is 13.9. The second kappa shape index (κ2) is 6.52. The van der Waals surface area contributed by atoms with Crippen molar-refractivity contribution in [1.82, 2.24) is 24.8 Å². The topological polar surface area (TPSA) is 77.0 Å². The molecule has 3 heterocycles. The van der Waals surface area contributed by atoms with Crippen LogP contribution in [-0.4, -0.2) is 37.3 Å². The Hall–Kier alpha value is -2.18. The molecule has 23 heavy (non-hydrogen) atoms. The Morgan fingerprint density at radius 2 is 2.30 bits per heavy atom. The number of carbonyl (C=O) groups excluding carboxylic acids is 1. The number of carbonyl (C=O) groups is 1. The van der Waals surface area contributed by atoms with E-state index in [9.17, 15) is 4.79 Å². The average molecular weight is 317 g/mol. The van der Waals surface area contributed by atoms with Crippen molar-refractivity contribution in [3.8, 4) is 0 Å². The second-order valence-corrected chi connectivity index (χ2v) is 6.42. The van der Waals surface area contributed by atoms with Gasteiger partial charge in [-0.2, -0.15) is 10.1 Å². The summed E-state index contributed by atoms with van der Waals surface area (Å²) in [6.07, 6.45) is 6.05. The van der Waals surface area contributed by atoms with E-state index in [0.29, 0.717) is 24.7 Å². The van der Waals surface area contributed by atoms with E-state index in [1.807, 2.05) is 36.5 Å². The number of likely N-dealkylation sites (tertiary alicyclic amines) is 1. The number of hydrogen-bond donors (Lipinski definition) is 0. The summed E-state index contributed by atoms with van der Waals surface area (Å²) in [5.74, 6) is 1.59. The molecule has 1 amide bonds. The summed E-state index contributed by atoms with van der Waals surface area (Å²) in [4.78, 5) is 18.9. The molecule has 1 atom stereocenters. The fourth-order valence-corrected chi connectivity index (χ4v) is 2.89. The minimum Gasteiger partial charge on any atom is -0.339 e. The SMILES string of the molecule is Cc1cnn(CCC(=O)N2CCC[C@@H]2c2noc(C(C)C)n2)c1. The summed E-state index contributed by atoms with van der Waals surface area (Å²) in [6, 6.07) is -0.0573. The molecule has 124 valence electrons. The highest BCUT2D eigenvalue weighted by Gasteiger charge is 2.33. The Bertz CT molecular complexity index is 676. The molecule has 2 aromatic heterocycles. The first-order valence-corrected chi connectivity index (χ1v) is 8.16. The molecule has 0 aromatic carbocycles. The highest BCUT2D eigenvalue weighted by Crippen LogP contribution is 2.31. The molecule has 0 spiro atoms. The molecule has 0 N–H and O–H groups in total. The quantitative estimate of drug-likeness (QED) is 0.846. The van der Waals surface area contributed by atoms with Gasteiger partial charge in [0.25, 0.3) is 0 Å². The van der Waals surface area contributed by atoms with E-state index in [1.54, 1.807) is 6.20 Å². The molecular formula is C16H23N5O2. The molecular weight excluding hydrogens is 294 g/mol. The van der Waals surface area contributed by atoms with Crippen LogP contribution in [0.2, 0.25) is 0 Å². The van der Waals surface area contributed by atoms with Crippen molar-refractivity contribution in [2.45, 2.75) is 58.5 Å². The molecule has 1 saturated heterocycles. The van der Waals surface area contributed by atoms with E-state index in [2.05, 4.69) is 15.2 Å². The Balaban J connectivity index is 1.64. The molecule has 0 radical (unpaired) electrons. The third-order valence-electron chi connectivity index (χ3n) is 4.14. The van der Waals surface area contributed by atoms with Crippen LogP contribution in [0.1, 0.15) is 62.3 Å². The second-order valence-electron chi connectivity index (χ2n) is 6.42. The molecule has 7 nitrogen and oxygen atoms in total. The van der Waals surface area contributed by atoms with Gasteiger partial charge >= 0.3 is 0 Å². The Kier molecular flexibility index (Phi) is 4.45. The highest BCUT2D eigenvalue weighted by atomic mass is 16.5. The summed E-state index contributed by atoms with van der Waals surface area (Å²) < 4.78 is 7.09. The Labute approximate surface area is 135 Å². The van der Waals surface area contributed by atoms with Crippen molar-refractivity contribution in [3.05, 3.63) is 29.7 Å². The van der Waals surface area contributed by atoms with Gasteiger partial charge < -0.3 is 9.42 Å². The van der Waals surface area contributed by atoms with Crippen molar-refractivity contribution in [3.63, 3.8) is 0 Å². The lowest BCUT2D eigenvalue weighted by molar-refractivity contribution is -0.132. The summed E-state index contributed by atoms with van der Waals surface area (Å²) in [7, 11) is 0. The monoisotopic (exact) mass is 317 g/mol. The van der Waals surface area contributed by atoms with Gasteiger partial charge in [0.15, 0.2) is 5.82 Å². The van der Waals surface area contributed by atoms with E-state index in [1.165, 1.54) is 0 Å². The van der Waals surface area contributed by atoms with Crippen molar-refractivity contribution in [2.75, 3.05) is 6.54 Å². The van der Waals surface area contributed by atoms with Gasteiger partial charge in [-0.1, -0.05) is 19.0 Å². The van der Waals surface area contributed by atoms with Gasteiger partial charge in [-0.3, -0.25) is 9.48 Å². The van der Waals surface area contributed by atoms with Gasteiger partial charge in [0.1, 0.15) is 0 Å². The minimum absolute atomic E-state index is 0.0573. The maximum atomic E-state index is 12.5. The van der Waals surface area contributed by atoms with Crippen molar-refractivity contribution < 1.29 is 9.32 Å². The van der Waals surface area contributed by atoms with Gasteiger partial charge in [0.05, 0.1) is 12.2 Å². The van der Waals surface area contributed by atoms with E-state index in [4.69, 9.17) is 4.52 Å². The third-order valence-corrected chi connectivity index (χ3v) is 4.14. The first kappa shape index (κ1) is 15.7. The smallest absolute Gasteiger partial charge is 0.229 e. The molecule has 7 heteroatoms. The first-order valence-electron chi connectivity index (χ1n) is 8.16. The maximum Gasteiger partial charge on any atom is 0.229 e. The summed E-state index contributed by atoms with van der Waals surface area (Å²) in [5, 5.41) is 8.30.